The summed E-state index contributed by atoms with van der Waals surface area (Å²) in [5, 5.41) is 15.6. The molecule has 0 atom stereocenters. The zero-order valence-corrected chi connectivity index (χ0v) is 23.9. The lowest BCUT2D eigenvalue weighted by Crippen LogP contribution is -2.43. The smallest absolute Gasteiger partial charge is 0.416 e. The highest BCUT2D eigenvalue weighted by atomic mass is 19.4. The molecule has 0 radical (unpaired) electrons. The minimum absolute atomic E-state index is 0.0243. The van der Waals surface area contributed by atoms with E-state index in [-0.39, 0.29) is 23.9 Å². The van der Waals surface area contributed by atoms with E-state index in [9.17, 15) is 36.7 Å². The van der Waals surface area contributed by atoms with Gasteiger partial charge >= 0.3 is 18.1 Å². The second-order valence-electron chi connectivity index (χ2n) is 10.1. The van der Waals surface area contributed by atoms with Gasteiger partial charge in [-0.1, -0.05) is 6.07 Å². The van der Waals surface area contributed by atoms with Gasteiger partial charge in [0.25, 0.3) is 5.91 Å². The second kappa shape index (κ2) is 15.6. The summed E-state index contributed by atoms with van der Waals surface area (Å²) in [6.45, 7) is 1.80. The molecule has 0 aliphatic carbocycles. The van der Waals surface area contributed by atoms with E-state index in [1.54, 1.807) is 24.3 Å². The van der Waals surface area contributed by atoms with Crippen molar-refractivity contribution in [3.63, 3.8) is 0 Å². The number of rotatable bonds is 9. The van der Waals surface area contributed by atoms with E-state index in [2.05, 4.69) is 4.90 Å². The number of nitrogens with two attached hydrogens (primary N) is 1. The van der Waals surface area contributed by atoms with Gasteiger partial charge in [0, 0.05) is 53.7 Å². The summed E-state index contributed by atoms with van der Waals surface area (Å²) in [4.78, 5) is 48.6. The van der Waals surface area contributed by atoms with Crippen LogP contribution in [0.5, 0.6) is 0 Å². The van der Waals surface area contributed by atoms with Crippen LogP contribution in [0.2, 0.25) is 0 Å². The molecule has 4 rings (SSSR count). The first-order valence-electron chi connectivity index (χ1n) is 13.8. The van der Waals surface area contributed by atoms with E-state index in [1.807, 2.05) is 0 Å². The number of carbonyl (C=O) groups is 4. The lowest BCUT2D eigenvalue weighted by Gasteiger charge is -2.33. The number of hydrogen-bond acceptors (Lipinski definition) is 6. The number of anilines is 2. The van der Waals surface area contributed by atoms with Crippen molar-refractivity contribution < 1.29 is 47.0 Å². The molecule has 1 aliphatic rings. The van der Waals surface area contributed by atoms with E-state index in [0.717, 1.165) is 12.1 Å². The van der Waals surface area contributed by atoms with Gasteiger partial charge in [0.05, 0.1) is 5.56 Å². The maximum Gasteiger partial charge on any atom is 0.416 e. The van der Waals surface area contributed by atoms with Crippen LogP contribution >= 0.6 is 0 Å². The summed E-state index contributed by atoms with van der Waals surface area (Å²) in [6, 6.07) is 16.5. The fourth-order valence-electron chi connectivity index (χ4n) is 4.63. The van der Waals surface area contributed by atoms with E-state index in [4.69, 9.17) is 15.9 Å². The van der Waals surface area contributed by atoms with Crippen molar-refractivity contribution in [2.24, 2.45) is 5.92 Å². The van der Waals surface area contributed by atoms with Gasteiger partial charge in [-0.3, -0.25) is 9.59 Å². The molecule has 1 amide bonds. The van der Waals surface area contributed by atoms with Crippen LogP contribution in [0.15, 0.2) is 84.9 Å². The van der Waals surface area contributed by atoms with Gasteiger partial charge in [-0.15, -0.1) is 0 Å². The topological polar surface area (TPSA) is 141 Å². The van der Waals surface area contributed by atoms with Crippen LogP contribution < -0.4 is 10.6 Å². The molecule has 0 unspecified atom stereocenters. The van der Waals surface area contributed by atoms with E-state index in [0.29, 0.717) is 61.4 Å². The number of piperidine rings is 1. The molecule has 1 heterocycles. The molecular weight excluding hydrogens is 598 g/mol. The number of Topliss-reactive ketones (excluding diaryl/α,β-unsaturated/α-hetero) is 1. The number of aliphatic carboxylic acids is 2. The average molecular weight is 630 g/mol. The second-order valence-corrected chi connectivity index (χ2v) is 10.1. The molecule has 1 fully saturated rings. The van der Waals surface area contributed by atoms with Crippen LogP contribution in [-0.4, -0.2) is 64.9 Å². The summed E-state index contributed by atoms with van der Waals surface area (Å²) in [6.07, 6.45) is -2.22. The Morgan fingerprint density at radius 3 is 1.96 bits per heavy atom. The van der Waals surface area contributed by atoms with Gasteiger partial charge in [-0.2, -0.15) is 13.2 Å². The predicted octanol–water partition coefficient (Wildman–Crippen LogP) is 5.38. The van der Waals surface area contributed by atoms with Crippen molar-refractivity contribution in [3.8, 4) is 0 Å². The number of nitrogens with zero attached hydrogens (tertiary/aromatic N) is 2. The van der Waals surface area contributed by atoms with Crippen LogP contribution in [-0.2, 0) is 15.8 Å². The summed E-state index contributed by atoms with van der Waals surface area (Å²) in [5.74, 6) is -3.55. The largest absolute Gasteiger partial charge is 0.478 e. The first-order valence-corrected chi connectivity index (χ1v) is 13.8. The minimum atomic E-state index is -4.54. The molecule has 0 saturated carbocycles. The highest BCUT2D eigenvalue weighted by Crippen LogP contribution is 2.32. The minimum Gasteiger partial charge on any atom is -0.478 e. The van der Waals surface area contributed by atoms with Gasteiger partial charge in [0.15, 0.2) is 5.78 Å². The van der Waals surface area contributed by atoms with Crippen molar-refractivity contribution in [1.29, 1.82) is 0 Å². The lowest BCUT2D eigenvalue weighted by atomic mass is 9.89. The summed E-state index contributed by atoms with van der Waals surface area (Å²) in [7, 11) is 0. The number of likely N-dealkylation sites (tertiary alicyclic amines) is 1. The number of nitrogen functional groups attached to an aromatic ring is 1. The van der Waals surface area contributed by atoms with Gasteiger partial charge in [0.2, 0.25) is 0 Å². The molecule has 0 bridgehead atoms. The third kappa shape index (κ3) is 10.6. The van der Waals surface area contributed by atoms with Gasteiger partial charge in [-0.05, 0) is 92.7 Å². The molecule has 0 aromatic heterocycles. The highest BCUT2D eigenvalue weighted by molar-refractivity contribution is 6.06. The molecule has 45 heavy (non-hydrogen) atoms. The molecule has 1 aliphatic heterocycles. The maximum atomic E-state index is 13.3. The Bertz CT molecular complexity index is 1500. The zero-order valence-electron chi connectivity index (χ0n) is 23.9. The Kier molecular flexibility index (Phi) is 12.0. The van der Waals surface area contributed by atoms with Gasteiger partial charge in [0.1, 0.15) is 5.82 Å². The molecule has 4 N–H and O–H groups in total. The molecule has 1 saturated heterocycles. The van der Waals surface area contributed by atoms with Crippen molar-refractivity contribution >= 4 is 35.0 Å². The molecule has 9 nitrogen and oxygen atoms in total. The number of carbonyl (C=O) groups excluding carboxylic acids is 2. The quantitative estimate of drug-likeness (QED) is 0.124. The number of hydrogen-bond donors (Lipinski definition) is 3. The zero-order chi connectivity index (χ0) is 33.1. The highest BCUT2D eigenvalue weighted by Gasteiger charge is 2.32. The number of carboxylic acid groups (broad SMARTS) is 2. The molecule has 238 valence electrons. The van der Waals surface area contributed by atoms with Crippen molar-refractivity contribution in [2.75, 3.05) is 36.8 Å². The average Bonchev–Trinajstić information content (AvgIpc) is 3.01. The number of ketones is 1. The fourth-order valence-corrected chi connectivity index (χ4v) is 4.63. The Morgan fingerprint density at radius 2 is 1.42 bits per heavy atom. The van der Waals surface area contributed by atoms with E-state index >= 15 is 0 Å². The number of amides is 1. The van der Waals surface area contributed by atoms with Crippen LogP contribution in [0, 0.1) is 11.7 Å². The monoisotopic (exact) mass is 629 g/mol. The van der Waals surface area contributed by atoms with Crippen LogP contribution in [0.3, 0.4) is 0 Å². The maximum absolute atomic E-state index is 13.3. The van der Waals surface area contributed by atoms with Gasteiger partial charge in [-0.25, -0.2) is 14.0 Å². The number of halogens is 4. The first-order chi connectivity index (χ1) is 21.2. The Morgan fingerprint density at radius 1 is 0.867 bits per heavy atom. The van der Waals surface area contributed by atoms with Crippen LogP contribution in [0.1, 0.15) is 39.1 Å². The third-order valence-corrected chi connectivity index (χ3v) is 6.98. The SMILES string of the molecule is Nc1ccc(C(=O)N(CCN2CCC(C(=O)c3ccc(F)cc3)CC2)c2cccc(C(F)(F)F)c2)cc1.O=C(O)/C=C/C(=O)O. The first kappa shape index (κ1) is 34.5. The van der Waals surface area contributed by atoms with Crippen molar-refractivity contribution in [3.05, 3.63) is 107 Å². The van der Waals surface area contributed by atoms with E-state index < -0.39 is 35.4 Å². The summed E-state index contributed by atoms with van der Waals surface area (Å²) < 4.78 is 53.2. The standard InChI is InChI=1S/C28H27F4N3O2.C4H4O4/c29-23-8-4-19(5-9-23)26(36)20-12-14-34(15-13-20)16-17-35(27(37)21-6-10-24(33)11-7-21)25-3-1-2-22(18-25)28(30,31)32;5-3(6)1-2-4(7)8/h1-11,18,20H,12-17,33H2;1-2H,(H,5,6)(H,7,8)/b;2-1+. The summed E-state index contributed by atoms with van der Waals surface area (Å²) >= 11 is 0. The molecule has 0 spiro atoms. The Balaban J connectivity index is 0.000000610. The normalized spacial score (nSPS) is 14.0. The van der Waals surface area contributed by atoms with Crippen LogP contribution in [0.4, 0.5) is 28.9 Å². The summed E-state index contributed by atoms with van der Waals surface area (Å²) in [5.41, 5.74) is 6.30. The van der Waals surface area contributed by atoms with Crippen molar-refractivity contribution in [1.82, 2.24) is 4.90 Å². The predicted molar refractivity (Wildman–Crippen MR) is 158 cm³/mol. The molecule has 13 heteroatoms. The fraction of sp³-hybridized carbons (Fsp3) is 0.250. The van der Waals surface area contributed by atoms with E-state index in [1.165, 1.54) is 41.3 Å². The number of benzene rings is 3. The molecular formula is C32H31F4N3O6. The lowest BCUT2D eigenvalue weighted by molar-refractivity contribution is -0.137. The molecule has 3 aromatic carbocycles. The van der Waals surface area contributed by atoms with Crippen molar-refractivity contribution in [2.45, 2.75) is 19.0 Å². The molecule has 3 aromatic rings. The Hall–Kier alpha value is -5.04. The Labute approximate surface area is 256 Å². The third-order valence-electron chi connectivity index (χ3n) is 6.98. The number of alkyl halides is 3. The van der Waals surface area contributed by atoms with Crippen LogP contribution in [0.25, 0.3) is 0 Å². The number of carboxylic acids is 2. The van der Waals surface area contributed by atoms with Gasteiger partial charge < -0.3 is 25.7 Å².